The first-order valence-corrected chi connectivity index (χ1v) is 6.83. The van der Waals surface area contributed by atoms with Crippen molar-refractivity contribution in [3.05, 3.63) is 30.5 Å². The normalized spacial score (nSPS) is 19.8. The summed E-state index contributed by atoms with van der Waals surface area (Å²) in [5.74, 6) is 0. The molecule has 0 spiro atoms. The lowest BCUT2D eigenvalue weighted by Crippen LogP contribution is -2.44. The molecule has 1 saturated heterocycles. The van der Waals surface area contributed by atoms with Crippen LogP contribution in [0.3, 0.4) is 0 Å². The first kappa shape index (κ1) is 12.5. The molecule has 3 rings (SSSR count). The van der Waals surface area contributed by atoms with Crippen molar-refractivity contribution in [2.24, 2.45) is 7.05 Å². The fourth-order valence-corrected chi connectivity index (χ4v) is 2.77. The molecule has 0 amide bonds. The SMILES string of the molecule is CN(CC1CNCCO1)c1cn(C)c2ccccc12. The molecule has 0 aliphatic carbocycles. The van der Waals surface area contributed by atoms with Gasteiger partial charge in [-0.3, -0.25) is 0 Å². The van der Waals surface area contributed by atoms with Gasteiger partial charge in [0.1, 0.15) is 0 Å². The molecule has 1 aliphatic rings. The number of rotatable bonds is 3. The third kappa shape index (κ3) is 2.46. The van der Waals surface area contributed by atoms with Crippen molar-refractivity contribution < 1.29 is 4.74 Å². The maximum Gasteiger partial charge on any atom is 0.0874 e. The van der Waals surface area contributed by atoms with Gasteiger partial charge in [-0.05, 0) is 6.07 Å². The topological polar surface area (TPSA) is 29.4 Å². The number of ether oxygens (including phenoxy) is 1. The van der Waals surface area contributed by atoms with E-state index in [-0.39, 0.29) is 6.10 Å². The number of nitrogens with one attached hydrogen (secondary N) is 1. The van der Waals surface area contributed by atoms with E-state index in [1.165, 1.54) is 16.6 Å². The highest BCUT2D eigenvalue weighted by atomic mass is 16.5. The molecule has 1 aromatic heterocycles. The van der Waals surface area contributed by atoms with Crippen molar-refractivity contribution in [3.63, 3.8) is 0 Å². The Kier molecular flexibility index (Phi) is 3.44. The zero-order chi connectivity index (χ0) is 13.2. The van der Waals surface area contributed by atoms with E-state index in [0.29, 0.717) is 0 Å². The van der Waals surface area contributed by atoms with Crippen molar-refractivity contribution in [2.45, 2.75) is 6.10 Å². The monoisotopic (exact) mass is 259 g/mol. The Hall–Kier alpha value is -1.52. The van der Waals surface area contributed by atoms with Crippen molar-refractivity contribution in [3.8, 4) is 0 Å². The summed E-state index contributed by atoms with van der Waals surface area (Å²) in [5, 5.41) is 4.68. The lowest BCUT2D eigenvalue weighted by molar-refractivity contribution is 0.0340. The summed E-state index contributed by atoms with van der Waals surface area (Å²) in [4.78, 5) is 2.29. The van der Waals surface area contributed by atoms with Gasteiger partial charge in [-0.1, -0.05) is 18.2 Å². The Balaban J connectivity index is 1.82. The van der Waals surface area contributed by atoms with Gasteiger partial charge in [-0.15, -0.1) is 0 Å². The Morgan fingerprint density at radius 2 is 2.26 bits per heavy atom. The summed E-state index contributed by atoms with van der Waals surface area (Å²) in [7, 11) is 4.23. The zero-order valence-electron chi connectivity index (χ0n) is 11.6. The summed E-state index contributed by atoms with van der Waals surface area (Å²) in [5.41, 5.74) is 2.54. The number of para-hydroxylation sites is 1. The van der Waals surface area contributed by atoms with Crippen molar-refractivity contribution in [2.75, 3.05) is 38.2 Å². The van der Waals surface area contributed by atoms with E-state index in [1.54, 1.807) is 0 Å². The molecule has 102 valence electrons. The fourth-order valence-electron chi connectivity index (χ4n) is 2.77. The summed E-state index contributed by atoms with van der Waals surface area (Å²) < 4.78 is 7.96. The Morgan fingerprint density at radius 1 is 1.42 bits per heavy atom. The first-order valence-electron chi connectivity index (χ1n) is 6.83. The van der Waals surface area contributed by atoms with E-state index in [2.05, 4.69) is 59.3 Å². The first-order chi connectivity index (χ1) is 9.25. The van der Waals surface area contributed by atoms with Crippen LogP contribution in [0.4, 0.5) is 5.69 Å². The van der Waals surface area contributed by atoms with Gasteiger partial charge in [0.2, 0.25) is 0 Å². The van der Waals surface area contributed by atoms with Crippen LogP contribution < -0.4 is 10.2 Å². The Morgan fingerprint density at radius 3 is 3.05 bits per heavy atom. The molecule has 0 saturated carbocycles. The van der Waals surface area contributed by atoms with Crippen molar-refractivity contribution in [1.82, 2.24) is 9.88 Å². The number of morpholine rings is 1. The van der Waals surface area contributed by atoms with Gasteiger partial charge in [-0.2, -0.15) is 0 Å². The molecule has 0 radical (unpaired) electrons. The van der Waals surface area contributed by atoms with Crippen LogP contribution in [-0.2, 0) is 11.8 Å². The number of benzene rings is 1. The quantitative estimate of drug-likeness (QED) is 0.908. The number of hydrogen-bond donors (Lipinski definition) is 1. The van der Waals surface area contributed by atoms with Gasteiger partial charge in [0.05, 0.1) is 18.4 Å². The van der Waals surface area contributed by atoms with Crippen LogP contribution in [0.15, 0.2) is 30.5 Å². The van der Waals surface area contributed by atoms with Crippen LogP contribution in [-0.4, -0.2) is 44.0 Å². The summed E-state index contributed by atoms with van der Waals surface area (Å²) in [6.45, 7) is 3.64. The molecule has 2 aromatic rings. The molecular weight excluding hydrogens is 238 g/mol. The van der Waals surface area contributed by atoms with Gasteiger partial charge in [0.15, 0.2) is 0 Å². The standard InChI is InChI=1S/C15H21N3O/c1-17(10-12-9-16-7-8-19-12)15-11-18(2)14-6-4-3-5-13(14)15/h3-6,11-12,16H,7-10H2,1-2H3. The van der Waals surface area contributed by atoms with Crippen LogP contribution in [0.2, 0.25) is 0 Å². The van der Waals surface area contributed by atoms with E-state index >= 15 is 0 Å². The molecular formula is C15H21N3O. The van der Waals surface area contributed by atoms with Gasteiger partial charge in [0.25, 0.3) is 0 Å². The lowest BCUT2D eigenvalue weighted by Gasteiger charge is -2.28. The van der Waals surface area contributed by atoms with Gasteiger partial charge >= 0.3 is 0 Å². The van der Waals surface area contributed by atoms with Crippen LogP contribution >= 0.6 is 0 Å². The van der Waals surface area contributed by atoms with E-state index in [4.69, 9.17) is 4.74 Å². The second kappa shape index (κ2) is 5.23. The number of fused-ring (bicyclic) bond motifs is 1. The third-order valence-electron chi connectivity index (χ3n) is 3.77. The fraction of sp³-hybridized carbons (Fsp3) is 0.467. The third-order valence-corrected chi connectivity index (χ3v) is 3.77. The molecule has 1 atom stereocenters. The summed E-state index contributed by atoms with van der Waals surface area (Å²) in [6.07, 6.45) is 2.47. The number of aromatic nitrogens is 1. The molecule has 19 heavy (non-hydrogen) atoms. The molecule has 4 heteroatoms. The molecule has 1 unspecified atom stereocenters. The highest BCUT2D eigenvalue weighted by molar-refractivity contribution is 5.93. The molecule has 2 heterocycles. The van der Waals surface area contributed by atoms with Gasteiger partial charge < -0.3 is 19.5 Å². The molecule has 4 nitrogen and oxygen atoms in total. The van der Waals surface area contributed by atoms with Crippen molar-refractivity contribution >= 4 is 16.6 Å². The minimum absolute atomic E-state index is 0.276. The van der Waals surface area contributed by atoms with Crippen LogP contribution in [0.25, 0.3) is 10.9 Å². The number of aryl methyl sites for hydroxylation is 1. The largest absolute Gasteiger partial charge is 0.374 e. The average molecular weight is 259 g/mol. The summed E-state index contributed by atoms with van der Waals surface area (Å²) >= 11 is 0. The molecule has 1 aromatic carbocycles. The lowest BCUT2D eigenvalue weighted by atomic mass is 10.2. The average Bonchev–Trinajstić information content (AvgIpc) is 2.78. The van der Waals surface area contributed by atoms with Crippen molar-refractivity contribution in [1.29, 1.82) is 0 Å². The van der Waals surface area contributed by atoms with E-state index in [9.17, 15) is 0 Å². The predicted molar refractivity (Wildman–Crippen MR) is 78.8 cm³/mol. The maximum absolute atomic E-state index is 5.78. The van der Waals surface area contributed by atoms with E-state index in [0.717, 1.165) is 26.2 Å². The zero-order valence-corrected chi connectivity index (χ0v) is 11.6. The maximum atomic E-state index is 5.78. The molecule has 0 bridgehead atoms. The van der Waals surface area contributed by atoms with E-state index < -0.39 is 0 Å². The molecule has 1 fully saturated rings. The highest BCUT2D eigenvalue weighted by Crippen LogP contribution is 2.27. The number of likely N-dealkylation sites (N-methyl/N-ethyl adjacent to an activating group) is 1. The van der Waals surface area contributed by atoms with Gasteiger partial charge in [0, 0.05) is 50.8 Å². The molecule has 1 N–H and O–H groups in total. The minimum atomic E-state index is 0.276. The Labute approximate surface area is 114 Å². The second-order valence-electron chi connectivity index (χ2n) is 5.22. The molecule has 1 aliphatic heterocycles. The number of hydrogen-bond acceptors (Lipinski definition) is 3. The van der Waals surface area contributed by atoms with Crippen LogP contribution in [0.1, 0.15) is 0 Å². The number of anilines is 1. The van der Waals surface area contributed by atoms with Crippen LogP contribution in [0, 0.1) is 0 Å². The van der Waals surface area contributed by atoms with Crippen LogP contribution in [0.5, 0.6) is 0 Å². The minimum Gasteiger partial charge on any atom is -0.374 e. The second-order valence-corrected chi connectivity index (χ2v) is 5.22. The highest BCUT2D eigenvalue weighted by Gasteiger charge is 2.17. The van der Waals surface area contributed by atoms with E-state index in [1.807, 2.05) is 0 Å². The predicted octanol–water partition coefficient (Wildman–Crippen LogP) is 1.60. The summed E-state index contributed by atoms with van der Waals surface area (Å²) in [6, 6.07) is 8.52. The van der Waals surface area contributed by atoms with Gasteiger partial charge in [-0.25, -0.2) is 0 Å². The number of nitrogens with zero attached hydrogens (tertiary/aromatic N) is 2. The Bertz CT molecular complexity index is 558. The smallest absolute Gasteiger partial charge is 0.0874 e.